The molecule has 3 nitrogen and oxygen atoms in total. The lowest BCUT2D eigenvalue weighted by Gasteiger charge is -2.16. The van der Waals surface area contributed by atoms with Gasteiger partial charge < -0.3 is 5.32 Å². The maximum absolute atomic E-state index is 12.2. The zero-order valence-corrected chi connectivity index (χ0v) is 11.7. The summed E-state index contributed by atoms with van der Waals surface area (Å²) >= 11 is 11.8. The van der Waals surface area contributed by atoms with E-state index in [0.29, 0.717) is 39.7 Å². The summed E-state index contributed by atoms with van der Waals surface area (Å²) in [6, 6.07) is 6.98. The number of hydrogen-bond donors (Lipinski definition) is 1. The number of carbonyl (C=O) groups is 1. The van der Waals surface area contributed by atoms with Crippen molar-refractivity contribution in [1.29, 1.82) is 5.26 Å². The molecule has 98 valence electrons. The van der Waals surface area contributed by atoms with Crippen LogP contribution in [0.5, 0.6) is 0 Å². The molecule has 1 aliphatic carbocycles. The van der Waals surface area contributed by atoms with Gasteiger partial charge >= 0.3 is 0 Å². The molecule has 0 saturated heterocycles. The minimum absolute atomic E-state index is 0.250. The zero-order valence-electron chi connectivity index (χ0n) is 10.2. The van der Waals surface area contributed by atoms with E-state index in [1.807, 2.05) is 0 Å². The van der Waals surface area contributed by atoms with Gasteiger partial charge in [-0.05, 0) is 43.9 Å². The molecule has 0 aliphatic heterocycles. The summed E-state index contributed by atoms with van der Waals surface area (Å²) in [6.07, 6.45) is 3.21. The van der Waals surface area contributed by atoms with Crippen molar-refractivity contribution in [2.45, 2.75) is 25.7 Å². The first-order chi connectivity index (χ1) is 9.11. The lowest BCUT2D eigenvalue weighted by atomic mass is 9.92. The highest BCUT2D eigenvalue weighted by Crippen LogP contribution is 2.28. The Bertz CT molecular complexity index is 588. The first-order valence-electron chi connectivity index (χ1n) is 6.00. The summed E-state index contributed by atoms with van der Waals surface area (Å²) in [4.78, 5) is 12.2. The lowest BCUT2D eigenvalue weighted by Crippen LogP contribution is -2.18. The summed E-state index contributed by atoms with van der Waals surface area (Å²) in [5.41, 5.74) is 1.65. The summed E-state index contributed by atoms with van der Waals surface area (Å²) in [5.74, 6) is -0.250. The van der Waals surface area contributed by atoms with E-state index >= 15 is 0 Å². The van der Waals surface area contributed by atoms with Gasteiger partial charge in [-0.25, -0.2) is 0 Å². The van der Waals surface area contributed by atoms with Crippen LogP contribution in [0.15, 0.2) is 29.3 Å². The van der Waals surface area contributed by atoms with Crippen molar-refractivity contribution in [3.8, 4) is 6.07 Å². The molecule has 1 aromatic carbocycles. The number of carbonyl (C=O) groups excluding carboxylic acids is 1. The lowest BCUT2D eigenvalue weighted by molar-refractivity contribution is -0.113. The second-order valence-electron chi connectivity index (χ2n) is 4.35. The van der Waals surface area contributed by atoms with Crippen LogP contribution >= 0.6 is 23.2 Å². The highest BCUT2D eigenvalue weighted by Gasteiger charge is 2.19. The van der Waals surface area contributed by atoms with Crippen molar-refractivity contribution in [3.63, 3.8) is 0 Å². The smallest absolute Gasteiger partial charge is 0.252 e. The van der Waals surface area contributed by atoms with Crippen LogP contribution in [0.4, 0.5) is 5.69 Å². The topological polar surface area (TPSA) is 52.9 Å². The predicted octanol–water partition coefficient (Wildman–Crippen LogP) is 4.33. The van der Waals surface area contributed by atoms with Gasteiger partial charge in [0.25, 0.3) is 5.91 Å². The van der Waals surface area contributed by atoms with E-state index in [2.05, 4.69) is 11.4 Å². The Labute approximate surface area is 121 Å². The fourth-order valence-electron chi connectivity index (χ4n) is 2.07. The largest absolute Gasteiger partial charge is 0.321 e. The maximum atomic E-state index is 12.2. The SMILES string of the molecule is N#CC1=C(C(=O)Nc2ccc(Cl)cc2Cl)CCCC1. The Kier molecular flexibility index (Phi) is 4.47. The molecule has 0 aromatic heterocycles. The number of hydrogen-bond acceptors (Lipinski definition) is 2. The minimum Gasteiger partial charge on any atom is -0.321 e. The Balaban J connectivity index is 2.21. The highest BCUT2D eigenvalue weighted by molar-refractivity contribution is 6.36. The van der Waals surface area contributed by atoms with Crippen molar-refractivity contribution in [1.82, 2.24) is 0 Å². The molecule has 0 saturated carbocycles. The van der Waals surface area contributed by atoms with Gasteiger partial charge in [-0.3, -0.25) is 4.79 Å². The molecule has 1 N–H and O–H groups in total. The normalized spacial score (nSPS) is 15.0. The summed E-state index contributed by atoms with van der Waals surface area (Å²) in [5, 5.41) is 12.7. The Morgan fingerprint density at radius 2 is 2.00 bits per heavy atom. The summed E-state index contributed by atoms with van der Waals surface area (Å²) in [7, 11) is 0. The van der Waals surface area contributed by atoms with E-state index in [1.54, 1.807) is 18.2 Å². The van der Waals surface area contributed by atoms with Gasteiger partial charge in [0.1, 0.15) is 0 Å². The van der Waals surface area contributed by atoms with E-state index in [4.69, 9.17) is 28.5 Å². The fourth-order valence-corrected chi connectivity index (χ4v) is 2.52. The molecule has 0 radical (unpaired) electrons. The van der Waals surface area contributed by atoms with Crippen LogP contribution < -0.4 is 5.32 Å². The quantitative estimate of drug-likeness (QED) is 0.883. The molecular weight excluding hydrogens is 283 g/mol. The van der Waals surface area contributed by atoms with Crippen LogP contribution in [0.3, 0.4) is 0 Å². The number of nitrogens with one attached hydrogen (secondary N) is 1. The van der Waals surface area contributed by atoms with Gasteiger partial charge in [0.05, 0.1) is 16.8 Å². The molecule has 19 heavy (non-hydrogen) atoms. The number of allylic oxidation sites excluding steroid dienone is 1. The van der Waals surface area contributed by atoms with Crippen LogP contribution in [0.2, 0.25) is 10.0 Å². The number of amides is 1. The van der Waals surface area contributed by atoms with Gasteiger partial charge in [0.2, 0.25) is 0 Å². The monoisotopic (exact) mass is 294 g/mol. The van der Waals surface area contributed by atoms with E-state index < -0.39 is 0 Å². The van der Waals surface area contributed by atoms with Crippen molar-refractivity contribution in [2.75, 3.05) is 5.32 Å². The fraction of sp³-hybridized carbons (Fsp3) is 0.286. The zero-order chi connectivity index (χ0) is 13.8. The number of rotatable bonds is 2. The molecule has 0 atom stereocenters. The predicted molar refractivity (Wildman–Crippen MR) is 76.2 cm³/mol. The molecule has 0 unspecified atom stereocenters. The number of nitriles is 1. The molecule has 0 heterocycles. The molecule has 5 heteroatoms. The molecule has 1 aliphatic rings. The number of anilines is 1. The maximum Gasteiger partial charge on any atom is 0.252 e. The molecular formula is C14H12Cl2N2O. The highest BCUT2D eigenvalue weighted by atomic mass is 35.5. The summed E-state index contributed by atoms with van der Waals surface area (Å²) < 4.78 is 0. The second-order valence-corrected chi connectivity index (χ2v) is 5.20. The Morgan fingerprint density at radius 1 is 1.26 bits per heavy atom. The molecule has 0 fully saturated rings. The van der Waals surface area contributed by atoms with Gasteiger partial charge in [-0.15, -0.1) is 0 Å². The van der Waals surface area contributed by atoms with Crippen molar-refractivity contribution in [3.05, 3.63) is 39.4 Å². The van der Waals surface area contributed by atoms with E-state index in [9.17, 15) is 4.79 Å². The molecule has 2 rings (SSSR count). The van der Waals surface area contributed by atoms with E-state index in [0.717, 1.165) is 12.8 Å². The Hall–Kier alpha value is -1.50. The van der Waals surface area contributed by atoms with Gasteiger partial charge in [0.15, 0.2) is 0 Å². The molecule has 0 spiro atoms. The van der Waals surface area contributed by atoms with Crippen molar-refractivity contribution < 1.29 is 4.79 Å². The average molecular weight is 295 g/mol. The van der Waals surface area contributed by atoms with Crippen LogP contribution in [0.1, 0.15) is 25.7 Å². The first-order valence-corrected chi connectivity index (χ1v) is 6.76. The third-order valence-electron chi connectivity index (χ3n) is 3.06. The van der Waals surface area contributed by atoms with Gasteiger partial charge in [0, 0.05) is 16.2 Å². The van der Waals surface area contributed by atoms with Crippen LogP contribution in [0.25, 0.3) is 0 Å². The van der Waals surface area contributed by atoms with Crippen LogP contribution in [-0.2, 0) is 4.79 Å². The molecule has 1 aromatic rings. The van der Waals surface area contributed by atoms with Crippen molar-refractivity contribution in [2.24, 2.45) is 0 Å². The number of nitrogens with zero attached hydrogens (tertiary/aromatic N) is 1. The van der Waals surface area contributed by atoms with Crippen molar-refractivity contribution >= 4 is 34.8 Å². The molecule has 1 amide bonds. The minimum atomic E-state index is -0.250. The van der Waals surface area contributed by atoms with Gasteiger partial charge in [-0.2, -0.15) is 5.26 Å². The Morgan fingerprint density at radius 3 is 2.68 bits per heavy atom. The van der Waals surface area contributed by atoms with E-state index in [-0.39, 0.29) is 5.91 Å². The van der Waals surface area contributed by atoms with Gasteiger partial charge in [-0.1, -0.05) is 23.2 Å². The summed E-state index contributed by atoms with van der Waals surface area (Å²) in [6.45, 7) is 0. The number of halogens is 2. The third-order valence-corrected chi connectivity index (χ3v) is 3.60. The van der Waals surface area contributed by atoms with Crippen LogP contribution in [-0.4, -0.2) is 5.91 Å². The van der Waals surface area contributed by atoms with Crippen LogP contribution in [0, 0.1) is 11.3 Å². The standard InChI is InChI=1S/C14H12Cl2N2O/c15-10-5-6-13(12(16)7-10)18-14(19)11-4-2-1-3-9(11)8-17/h5-7H,1-4H2,(H,18,19). The second kappa shape index (κ2) is 6.10. The number of benzene rings is 1. The first kappa shape index (κ1) is 13.9. The third kappa shape index (κ3) is 3.28. The molecule has 0 bridgehead atoms. The van der Waals surface area contributed by atoms with E-state index in [1.165, 1.54) is 0 Å². The average Bonchev–Trinajstić information content (AvgIpc) is 2.41.